The van der Waals surface area contributed by atoms with Crippen LogP contribution in [0.25, 0.3) is 0 Å². The Kier molecular flexibility index (Phi) is 5.29. The normalized spacial score (nSPS) is 20.4. The van der Waals surface area contributed by atoms with Crippen molar-refractivity contribution in [2.45, 2.75) is 18.9 Å². The Bertz CT molecular complexity index is 754. The van der Waals surface area contributed by atoms with Gasteiger partial charge < -0.3 is 10.1 Å². The maximum Gasteiger partial charge on any atom is 0.265 e. The van der Waals surface area contributed by atoms with Crippen molar-refractivity contribution in [2.75, 3.05) is 32.8 Å². The van der Waals surface area contributed by atoms with Crippen LogP contribution in [0.4, 0.5) is 0 Å². The minimum Gasteiger partial charge on any atom is -0.373 e. The minimum atomic E-state index is -0.0438. The number of nitrogens with one attached hydrogen (secondary N) is 2. The van der Waals surface area contributed by atoms with Crippen LogP contribution in [-0.2, 0) is 17.6 Å². The van der Waals surface area contributed by atoms with Crippen LogP contribution in [0.2, 0.25) is 0 Å². The Morgan fingerprint density at radius 2 is 1.88 bits per heavy atom. The maximum absolute atomic E-state index is 12.4. The molecule has 2 aromatic carbocycles. The largest absolute Gasteiger partial charge is 0.373 e. The number of benzene rings is 2. The van der Waals surface area contributed by atoms with E-state index in [0.29, 0.717) is 5.56 Å². The topological polar surface area (TPSA) is 53.6 Å². The SMILES string of the molecule is O=C(NN1CCNCC1)c1ccc(CC2OCCc3ccccc32)cc1. The zero-order valence-electron chi connectivity index (χ0n) is 14.9. The van der Waals surface area contributed by atoms with Crippen LogP contribution in [0.15, 0.2) is 48.5 Å². The van der Waals surface area contributed by atoms with Crippen LogP contribution in [0.1, 0.15) is 33.2 Å². The van der Waals surface area contributed by atoms with Crippen LogP contribution in [0, 0.1) is 0 Å². The Morgan fingerprint density at radius 1 is 1.12 bits per heavy atom. The Balaban J connectivity index is 1.39. The molecule has 2 N–H and O–H groups in total. The van der Waals surface area contributed by atoms with E-state index in [-0.39, 0.29) is 12.0 Å². The van der Waals surface area contributed by atoms with Gasteiger partial charge in [-0.15, -0.1) is 0 Å². The lowest BCUT2D eigenvalue weighted by Crippen LogP contribution is -2.52. The number of ether oxygens (including phenoxy) is 1. The molecule has 1 atom stereocenters. The number of hydrogen-bond acceptors (Lipinski definition) is 4. The second-order valence-electron chi connectivity index (χ2n) is 6.89. The van der Waals surface area contributed by atoms with E-state index in [4.69, 9.17) is 4.74 Å². The van der Waals surface area contributed by atoms with Gasteiger partial charge in [-0.25, -0.2) is 5.01 Å². The average Bonchev–Trinajstić information content (AvgIpc) is 2.70. The molecule has 1 unspecified atom stereocenters. The summed E-state index contributed by atoms with van der Waals surface area (Å²) in [5.41, 5.74) is 7.53. The molecular formula is C21H25N3O2. The third-order valence-electron chi connectivity index (χ3n) is 5.11. The fraction of sp³-hybridized carbons (Fsp3) is 0.381. The lowest BCUT2D eigenvalue weighted by Gasteiger charge is -2.27. The van der Waals surface area contributed by atoms with Gasteiger partial charge in [0.05, 0.1) is 12.7 Å². The summed E-state index contributed by atoms with van der Waals surface area (Å²) in [6, 6.07) is 16.4. The molecule has 2 aliphatic heterocycles. The smallest absolute Gasteiger partial charge is 0.265 e. The molecule has 5 heteroatoms. The number of rotatable bonds is 4. The lowest BCUT2D eigenvalue weighted by atomic mass is 9.93. The van der Waals surface area contributed by atoms with Gasteiger partial charge in [-0.3, -0.25) is 10.2 Å². The molecule has 26 heavy (non-hydrogen) atoms. The summed E-state index contributed by atoms with van der Waals surface area (Å²) < 4.78 is 5.99. The first-order valence-corrected chi connectivity index (χ1v) is 9.34. The van der Waals surface area contributed by atoms with E-state index in [0.717, 1.165) is 45.6 Å². The first-order chi connectivity index (χ1) is 12.8. The van der Waals surface area contributed by atoms with Crippen molar-refractivity contribution in [3.63, 3.8) is 0 Å². The van der Waals surface area contributed by atoms with Crippen molar-refractivity contribution < 1.29 is 9.53 Å². The van der Waals surface area contributed by atoms with E-state index >= 15 is 0 Å². The highest BCUT2D eigenvalue weighted by Gasteiger charge is 2.21. The third-order valence-corrected chi connectivity index (χ3v) is 5.11. The Labute approximate surface area is 154 Å². The van der Waals surface area contributed by atoms with Gasteiger partial charge in [0.1, 0.15) is 0 Å². The minimum absolute atomic E-state index is 0.0438. The summed E-state index contributed by atoms with van der Waals surface area (Å²) in [5, 5.41) is 5.25. The Hall–Kier alpha value is -2.21. The zero-order valence-corrected chi connectivity index (χ0v) is 14.9. The highest BCUT2D eigenvalue weighted by atomic mass is 16.5. The van der Waals surface area contributed by atoms with E-state index in [2.05, 4.69) is 35.0 Å². The van der Waals surface area contributed by atoms with Gasteiger partial charge in [-0.05, 0) is 35.2 Å². The van der Waals surface area contributed by atoms with Crippen LogP contribution in [0.5, 0.6) is 0 Å². The maximum atomic E-state index is 12.4. The predicted octanol–water partition coefficient (Wildman–Crippen LogP) is 2.09. The molecule has 1 saturated heterocycles. The molecule has 0 spiro atoms. The highest BCUT2D eigenvalue weighted by molar-refractivity contribution is 5.93. The van der Waals surface area contributed by atoms with E-state index < -0.39 is 0 Å². The van der Waals surface area contributed by atoms with Crippen molar-refractivity contribution in [1.82, 2.24) is 15.8 Å². The number of hydrogen-bond donors (Lipinski definition) is 2. The van der Waals surface area contributed by atoms with Gasteiger partial charge in [0.2, 0.25) is 0 Å². The summed E-state index contributed by atoms with van der Waals surface area (Å²) in [6.07, 6.45) is 1.91. The molecule has 0 saturated carbocycles. The molecular weight excluding hydrogens is 326 g/mol. The molecule has 1 amide bonds. The van der Waals surface area contributed by atoms with Crippen molar-refractivity contribution >= 4 is 5.91 Å². The molecule has 0 radical (unpaired) electrons. The second kappa shape index (κ2) is 7.99. The fourth-order valence-corrected chi connectivity index (χ4v) is 3.64. The highest BCUT2D eigenvalue weighted by Crippen LogP contribution is 2.29. The van der Waals surface area contributed by atoms with Crippen LogP contribution in [0.3, 0.4) is 0 Å². The van der Waals surface area contributed by atoms with Gasteiger partial charge >= 0.3 is 0 Å². The van der Waals surface area contributed by atoms with Crippen molar-refractivity contribution in [2.24, 2.45) is 0 Å². The van der Waals surface area contributed by atoms with Gasteiger partial charge in [0.15, 0.2) is 0 Å². The quantitative estimate of drug-likeness (QED) is 0.886. The molecule has 136 valence electrons. The zero-order chi connectivity index (χ0) is 17.8. The van der Waals surface area contributed by atoms with Crippen molar-refractivity contribution in [1.29, 1.82) is 0 Å². The fourth-order valence-electron chi connectivity index (χ4n) is 3.64. The second-order valence-corrected chi connectivity index (χ2v) is 6.89. The number of piperazine rings is 1. The molecule has 0 aliphatic carbocycles. The summed E-state index contributed by atoms with van der Waals surface area (Å²) in [4.78, 5) is 12.4. The van der Waals surface area contributed by atoms with Gasteiger partial charge in [-0.1, -0.05) is 36.4 Å². The monoisotopic (exact) mass is 351 g/mol. The van der Waals surface area contributed by atoms with Gasteiger partial charge in [0, 0.05) is 38.2 Å². The van der Waals surface area contributed by atoms with E-state index in [9.17, 15) is 4.79 Å². The summed E-state index contributed by atoms with van der Waals surface area (Å²) >= 11 is 0. The summed E-state index contributed by atoms with van der Waals surface area (Å²) in [5.74, 6) is -0.0438. The first kappa shape index (κ1) is 17.2. The molecule has 0 aromatic heterocycles. The molecule has 2 aliphatic rings. The lowest BCUT2D eigenvalue weighted by molar-refractivity contribution is 0.0427. The molecule has 2 aromatic rings. The van der Waals surface area contributed by atoms with E-state index in [1.54, 1.807) is 0 Å². The van der Waals surface area contributed by atoms with Crippen LogP contribution >= 0.6 is 0 Å². The number of carbonyl (C=O) groups is 1. The molecule has 0 bridgehead atoms. The molecule has 2 heterocycles. The first-order valence-electron chi connectivity index (χ1n) is 9.34. The van der Waals surface area contributed by atoms with Gasteiger partial charge in [-0.2, -0.15) is 0 Å². The predicted molar refractivity (Wildman–Crippen MR) is 101 cm³/mol. The molecule has 4 rings (SSSR count). The van der Waals surface area contributed by atoms with Crippen molar-refractivity contribution in [3.05, 3.63) is 70.8 Å². The van der Waals surface area contributed by atoms with Crippen LogP contribution < -0.4 is 10.7 Å². The summed E-state index contributed by atoms with van der Waals surface area (Å²) in [6.45, 7) is 4.25. The number of hydrazine groups is 1. The number of nitrogens with zero attached hydrogens (tertiary/aromatic N) is 1. The summed E-state index contributed by atoms with van der Waals surface area (Å²) in [7, 11) is 0. The van der Waals surface area contributed by atoms with E-state index in [1.807, 2.05) is 29.3 Å². The van der Waals surface area contributed by atoms with Gasteiger partial charge in [0.25, 0.3) is 5.91 Å². The Morgan fingerprint density at radius 3 is 2.69 bits per heavy atom. The number of amides is 1. The average molecular weight is 351 g/mol. The van der Waals surface area contributed by atoms with Crippen LogP contribution in [-0.4, -0.2) is 43.7 Å². The molecule has 5 nitrogen and oxygen atoms in total. The van der Waals surface area contributed by atoms with E-state index in [1.165, 1.54) is 16.7 Å². The standard InChI is InChI=1S/C21H25N3O2/c25-21(23-24-12-10-22-11-13-24)18-7-5-16(6-8-18)15-20-19-4-2-1-3-17(19)9-14-26-20/h1-8,20,22H,9-15H2,(H,23,25). The molecule has 1 fully saturated rings. The third kappa shape index (κ3) is 3.96. The van der Waals surface area contributed by atoms with Crippen molar-refractivity contribution in [3.8, 4) is 0 Å². The number of fused-ring (bicyclic) bond motifs is 1. The number of carbonyl (C=O) groups excluding carboxylic acids is 1.